The fourth-order valence-electron chi connectivity index (χ4n) is 10.1. The molecule has 1 aliphatic rings. The third kappa shape index (κ3) is 8.86. The van der Waals surface area contributed by atoms with Crippen LogP contribution in [-0.2, 0) is 17.2 Å². The maximum absolute atomic E-state index is 9.47. The Morgan fingerprint density at radius 1 is 0.521 bits per heavy atom. The molecule has 2 aromatic heterocycles. The predicted molar refractivity (Wildman–Crippen MR) is 299 cm³/mol. The second-order valence-corrected chi connectivity index (χ2v) is 21.3. The van der Waals surface area contributed by atoms with Gasteiger partial charge in [0.05, 0.1) is 28.1 Å². The van der Waals surface area contributed by atoms with Gasteiger partial charge in [-0.3, -0.25) is 4.57 Å². The summed E-state index contributed by atoms with van der Waals surface area (Å²) in [5.74, 6) is 2.07. The Balaban J connectivity index is 0.996. The zero-order valence-electron chi connectivity index (χ0n) is 44.0. The molecule has 0 aliphatic carbocycles. The molecule has 0 fully saturated rings. The minimum atomic E-state index is -1.59. The Hall–Kier alpha value is -7.89. The highest BCUT2D eigenvalue weighted by Gasteiger charge is 2.32. The van der Waals surface area contributed by atoms with Crippen molar-refractivity contribution in [2.24, 2.45) is 5.92 Å². The van der Waals surface area contributed by atoms with Crippen LogP contribution in [0.4, 0.5) is 22.7 Å². The van der Waals surface area contributed by atoms with Crippen LogP contribution in [0.2, 0.25) is 0 Å². The molecule has 0 N–H and O–H groups in total. The van der Waals surface area contributed by atoms with Crippen molar-refractivity contribution in [2.75, 3.05) is 16.5 Å². The number of rotatable bonds is 10. The van der Waals surface area contributed by atoms with Gasteiger partial charge in [-0.25, -0.2) is 4.98 Å². The smallest absolute Gasteiger partial charge is 0.137 e. The fraction of sp³-hybridized carbons (Fsp3) is 0.197. The van der Waals surface area contributed by atoms with E-state index >= 15 is 0 Å². The number of ether oxygens (including phenoxy) is 1. The van der Waals surface area contributed by atoms with E-state index in [4.69, 9.17) is 9.72 Å². The summed E-state index contributed by atoms with van der Waals surface area (Å²) >= 11 is 0. The lowest BCUT2D eigenvalue weighted by Gasteiger charge is -2.28. The van der Waals surface area contributed by atoms with Crippen molar-refractivity contribution in [2.45, 2.75) is 72.6 Å². The van der Waals surface area contributed by atoms with Gasteiger partial charge >= 0.3 is 0 Å². The summed E-state index contributed by atoms with van der Waals surface area (Å²) < 4.78 is 28.0. The van der Waals surface area contributed by atoms with Crippen molar-refractivity contribution < 1.29 is 7.48 Å². The Labute approximate surface area is 422 Å². The quantitative estimate of drug-likeness (QED) is 0.137. The second-order valence-electron chi connectivity index (χ2n) is 21.3. The van der Waals surface area contributed by atoms with E-state index in [1.54, 1.807) is 0 Å². The van der Waals surface area contributed by atoms with Crippen molar-refractivity contribution in [1.82, 2.24) is 9.55 Å². The lowest BCUT2D eigenvalue weighted by molar-refractivity contribution is 0.483. The third-order valence-electron chi connectivity index (χ3n) is 13.8. The number of fused-ring (bicyclic) bond motifs is 4. The van der Waals surface area contributed by atoms with Crippen molar-refractivity contribution in [3.05, 3.63) is 217 Å². The molecule has 8 aromatic carbocycles. The van der Waals surface area contributed by atoms with Gasteiger partial charge in [-0.1, -0.05) is 177 Å². The number of aromatic nitrogens is 2. The predicted octanol–water partition coefficient (Wildman–Crippen LogP) is 18.0. The van der Waals surface area contributed by atoms with Crippen molar-refractivity contribution in [3.8, 4) is 50.7 Å². The average Bonchev–Trinajstić information content (AvgIpc) is 3.94. The third-order valence-corrected chi connectivity index (χ3v) is 13.8. The van der Waals surface area contributed by atoms with Crippen LogP contribution >= 0.6 is 0 Å². The summed E-state index contributed by atoms with van der Waals surface area (Å²) in [5, 5.41) is 2.30. The lowest BCUT2D eigenvalue weighted by atomic mass is 9.85. The summed E-state index contributed by atoms with van der Waals surface area (Å²) in [4.78, 5) is 9.75. The van der Waals surface area contributed by atoms with E-state index in [0.717, 1.165) is 89.7 Å². The molecule has 0 spiro atoms. The zero-order chi connectivity index (χ0) is 50.8. The molecular formula is C66H62N4O. The summed E-state index contributed by atoms with van der Waals surface area (Å²) in [5.41, 5.74) is 15.7. The first-order chi connectivity index (χ1) is 35.0. The molecule has 352 valence electrons. The Kier molecular flexibility index (Phi) is 11.0. The van der Waals surface area contributed by atoms with Gasteiger partial charge in [-0.15, -0.1) is 0 Å². The van der Waals surface area contributed by atoms with E-state index in [0.29, 0.717) is 12.2 Å². The SMILES string of the molecule is [2H]C([2H])(c1cc(-c2ccccc2)c(N2CN(c3cccc(Oc4ccc5c6ccccc6n(-c6ccc(C(C)(C)C)cn6)c5c4)c3)c3ccccc32)c(-c2ccc(-c3cccc(C(C)(C)C)c3)cc2)c1)C(C)C. The first-order valence-electron chi connectivity index (χ1n) is 25.9. The molecule has 0 saturated carbocycles. The molecule has 10 aromatic rings. The molecule has 0 amide bonds. The van der Waals surface area contributed by atoms with E-state index in [-0.39, 0.29) is 16.7 Å². The highest BCUT2D eigenvalue weighted by molar-refractivity contribution is 6.09. The van der Waals surface area contributed by atoms with Crippen LogP contribution in [0.15, 0.2) is 200 Å². The lowest BCUT2D eigenvalue weighted by Crippen LogP contribution is -2.25. The molecule has 0 radical (unpaired) electrons. The maximum atomic E-state index is 9.47. The van der Waals surface area contributed by atoms with Crippen LogP contribution in [0.1, 0.15) is 74.8 Å². The van der Waals surface area contributed by atoms with Crippen LogP contribution in [0.25, 0.3) is 61.0 Å². The molecule has 0 saturated heterocycles. The average molecular weight is 929 g/mol. The standard InChI is InChI=1S/C66H62N4O/c1-44(2)36-45-37-57(47-18-10-9-11-19-47)64(58(38-45)48-30-28-46(29-31-48)49-20-16-21-50(39-49)65(3,4)5)69-43-68(60-26-14-15-27-61(60)69)52-22-17-23-53(40-52)71-54-33-34-56-55-24-12-13-25-59(55)70(62(56)41-54)63-35-32-51(42-67-63)66(6,7)8/h9-35,37-42,44H,36,43H2,1-8H3/i36D2. The number of hydrogen-bond acceptors (Lipinski definition) is 4. The molecule has 5 nitrogen and oxygen atoms in total. The molecule has 5 heteroatoms. The topological polar surface area (TPSA) is 33.5 Å². The van der Waals surface area contributed by atoms with E-state index in [9.17, 15) is 2.74 Å². The number of benzene rings is 8. The molecule has 11 rings (SSSR count). The molecule has 3 heterocycles. The first kappa shape index (κ1) is 43.2. The summed E-state index contributed by atoms with van der Waals surface area (Å²) in [6.45, 7) is 17.8. The van der Waals surface area contributed by atoms with Crippen LogP contribution in [0.3, 0.4) is 0 Å². The summed E-state index contributed by atoms with van der Waals surface area (Å²) in [7, 11) is 0. The highest BCUT2D eigenvalue weighted by atomic mass is 16.5. The van der Waals surface area contributed by atoms with Crippen molar-refractivity contribution in [3.63, 3.8) is 0 Å². The van der Waals surface area contributed by atoms with E-state index < -0.39 is 6.37 Å². The maximum Gasteiger partial charge on any atom is 0.137 e. The highest BCUT2D eigenvalue weighted by Crippen LogP contribution is 2.51. The largest absolute Gasteiger partial charge is 0.457 e. The van der Waals surface area contributed by atoms with Crippen LogP contribution in [0.5, 0.6) is 11.5 Å². The monoisotopic (exact) mass is 929 g/mol. The molecule has 71 heavy (non-hydrogen) atoms. The van der Waals surface area contributed by atoms with Crippen molar-refractivity contribution >= 4 is 44.6 Å². The Morgan fingerprint density at radius 3 is 1.85 bits per heavy atom. The minimum Gasteiger partial charge on any atom is -0.457 e. The summed E-state index contributed by atoms with van der Waals surface area (Å²) in [6.07, 6.45) is 0.407. The number of hydrogen-bond donors (Lipinski definition) is 0. The van der Waals surface area contributed by atoms with Gasteiger partial charge in [-0.2, -0.15) is 0 Å². The molecule has 1 aliphatic heterocycles. The van der Waals surface area contributed by atoms with Gasteiger partial charge in [-0.05, 0) is 123 Å². The Bertz CT molecular complexity index is 3660. The van der Waals surface area contributed by atoms with E-state index in [2.05, 4.69) is 238 Å². The molecular weight excluding hydrogens is 865 g/mol. The summed E-state index contributed by atoms with van der Waals surface area (Å²) in [6, 6.07) is 68.4. The first-order valence-corrected chi connectivity index (χ1v) is 24.9. The van der Waals surface area contributed by atoms with Gasteiger partial charge < -0.3 is 14.5 Å². The number of nitrogens with zero attached hydrogens (tertiary/aromatic N) is 4. The molecule has 0 atom stereocenters. The van der Waals surface area contributed by atoms with Gasteiger partial charge in [0.25, 0.3) is 0 Å². The zero-order valence-corrected chi connectivity index (χ0v) is 42.0. The molecule has 0 bridgehead atoms. The van der Waals surface area contributed by atoms with Gasteiger partial charge in [0.1, 0.15) is 24.0 Å². The van der Waals surface area contributed by atoms with Crippen LogP contribution in [-0.4, -0.2) is 16.2 Å². The van der Waals surface area contributed by atoms with Gasteiger partial charge in [0.2, 0.25) is 0 Å². The van der Waals surface area contributed by atoms with Gasteiger partial charge in [0.15, 0.2) is 0 Å². The van der Waals surface area contributed by atoms with Gasteiger partial charge in [0, 0.05) is 48.7 Å². The molecule has 0 unspecified atom stereocenters. The number of pyridine rings is 1. The van der Waals surface area contributed by atoms with Crippen molar-refractivity contribution in [1.29, 1.82) is 0 Å². The number of para-hydroxylation sites is 3. The van der Waals surface area contributed by atoms with Crippen LogP contribution < -0.4 is 14.5 Å². The van der Waals surface area contributed by atoms with E-state index in [1.165, 1.54) is 16.7 Å². The van der Waals surface area contributed by atoms with E-state index in [1.807, 2.05) is 32.2 Å². The normalized spacial score (nSPS) is 13.5. The minimum absolute atomic E-state index is 0.00353. The number of anilines is 4. The second kappa shape index (κ2) is 18.1. The van der Waals surface area contributed by atoms with Crippen LogP contribution in [0, 0.1) is 5.92 Å². The Morgan fingerprint density at radius 2 is 1.14 bits per heavy atom. The fourth-order valence-corrected chi connectivity index (χ4v) is 10.1.